The number of aromatic amines is 1. The van der Waals surface area contributed by atoms with Gasteiger partial charge in [0.15, 0.2) is 0 Å². The fourth-order valence-electron chi connectivity index (χ4n) is 2.11. The Morgan fingerprint density at radius 3 is 2.80 bits per heavy atom. The summed E-state index contributed by atoms with van der Waals surface area (Å²) in [4.78, 5) is 3.99. The Morgan fingerprint density at radius 2 is 2.05 bits per heavy atom. The van der Waals surface area contributed by atoms with Crippen molar-refractivity contribution in [3.8, 4) is 17.0 Å². The normalized spacial score (nSPS) is 11.2. The predicted molar refractivity (Wildman–Crippen MR) is 80.1 cm³/mol. The molecule has 20 heavy (non-hydrogen) atoms. The molecule has 0 aliphatic rings. The second-order valence-electron chi connectivity index (χ2n) is 4.81. The van der Waals surface area contributed by atoms with Crippen molar-refractivity contribution in [3.05, 3.63) is 41.7 Å². The van der Waals surface area contributed by atoms with E-state index in [9.17, 15) is 0 Å². The molecule has 0 saturated heterocycles. The Kier molecular flexibility index (Phi) is 3.32. The first-order valence-electron chi connectivity index (χ1n) is 6.40. The molecule has 0 aliphatic heterocycles. The molecule has 2 aromatic heterocycles. The molecule has 1 aromatic carbocycles. The predicted octanol–water partition coefficient (Wildman–Crippen LogP) is 4.07. The number of aromatic nitrogens is 3. The van der Waals surface area contributed by atoms with E-state index in [1.807, 2.05) is 38.1 Å². The monoisotopic (exact) mass is 287 g/mol. The maximum Gasteiger partial charge on any atom is 0.129 e. The number of fused-ring (bicyclic) bond motifs is 1. The van der Waals surface area contributed by atoms with Crippen LogP contribution in [0.5, 0.6) is 5.75 Å². The van der Waals surface area contributed by atoms with Gasteiger partial charge in [0.25, 0.3) is 0 Å². The number of nitrogens with zero attached hydrogens (tertiary/aromatic N) is 2. The van der Waals surface area contributed by atoms with Crippen LogP contribution >= 0.6 is 11.6 Å². The van der Waals surface area contributed by atoms with Crippen molar-refractivity contribution in [1.82, 2.24) is 15.2 Å². The summed E-state index contributed by atoms with van der Waals surface area (Å²) in [5.74, 6) is 0.829. The molecule has 102 valence electrons. The van der Waals surface area contributed by atoms with Gasteiger partial charge in [-0.2, -0.15) is 5.10 Å². The molecule has 3 aromatic rings. The van der Waals surface area contributed by atoms with Crippen LogP contribution < -0.4 is 4.74 Å². The highest BCUT2D eigenvalue weighted by molar-refractivity contribution is 6.29. The van der Waals surface area contributed by atoms with Gasteiger partial charge < -0.3 is 4.74 Å². The van der Waals surface area contributed by atoms with E-state index in [0.717, 1.165) is 27.9 Å². The van der Waals surface area contributed by atoms with E-state index in [4.69, 9.17) is 16.3 Å². The molecule has 2 heterocycles. The molecule has 0 amide bonds. The third kappa shape index (κ3) is 2.47. The minimum absolute atomic E-state index is 0.137. The van der Waals surface area contributed by atoms with Gasteiger partial charge in [0, 0.05) is 17.1 Å². The van der Waals surface area contributed by atoms with Gasteiger partial charge in [-0.1, -0.05) is 11.6 Å². The van der Waals surface area contributed by atoms with Crippen LogP contribution in [0.1, 0.15) is 13.8 Å². The van der Waals surface area contributed by atoms with Gasteiger partial charge in [-0.3, -0.25) is 5.10 Å². The van der Waals surface area contributed by atoms with E-state index < -0.39 is 0 Å². The van der Waals surface area contributed by atoms with Gasteiger partial charge in [-0.15, -0.1) is 0 Å². The fourth-order valence-corrected chi connectivity index (χ4v) is 2.28. The highest BCUT2D eigenvalue weighted by atomic mass is 35.5. The standard InChI is InChI=1S/C15H14ClN3O/c1-9(2)20-11-3-4-13-12(8-11)15(19-18-13)10-5-6-17-14(16)7-10/h3-9H,1-2H3,(H,18,19). The van der Waals surface area contributed by atoms with Crippen LogP contribution in [0.2, 0.25) is 5.15 Å². The summed E-state index contributed by atoms with van der Waals surface area (Å²) in [7, 11) is 0. The number of hydrogen-bond acceptors (Lipinski definition) is 3. The van der Waals surface area contributed by atoms with E-state index in [2.05, 4.69) is 15.2 Å². The van der Waals surface area contributed by atoms with Gasteiger partial charge in [0.1, 0.15) is 16.6 Å². The minimum Gasteiger partial charge on any atom is -0.491 e. The van der Waals surface area contributed by atoms with E-state index >= 15 is 0 Å². The third-order valence-corrected chi connectivity index (χ3v) is 3.11. The molecule has 0 bridgehead atoms. The second-order valence-corrected chi connectivity index (χ2v) is 5.20. The van der Waals surface area contributed by atoms with Gasteiger partial charge in [-0.25, -0.2) is 4.98 Å². The van der Waals surface area contributed by atoms with Crippen molar-refractivity contribution in [1.29, 1.82) is 0 Å². The zero-order valence-corrected chi connectivity index (χ0v) is 12.0. The molecule has 4 nitrogen and oxygen atoms in total. The molecular weight excluding hydrogens is 274 g/mol. The Balaban J connectivity index is 2.11. The van der Waals surface area contributed by atoms with Crippen molar-refractivity contribution >= 4 is 22.5 Å². The van der Waals surface area contributed by atoms with Crippen molar-refractivity contribution in [3.63, 3.8) is 0 Å². The summed E-state index contributed by atoms with van der Waals surface area (Å²) in [5, 5.41) is 8.83. The zero-order valence-electron chi connectivity index (χ0n) is 11.2. The van der Waals surface area contributed by atoms with Crippen LogP contribution in [-0.2, 0) is 0 Å². The molecule has 3 rings (SSSR count). The number of ether oxygens (including phenoxy) is 1. The van der Waals surface area contributed by atoms with Crippen LogP contribution in [0, 0.1) is 0 Å². The maximum atomic E-state index is 5.94. The van der Waals surface area contributed by atoms with Crippen LogP contribution in [0.4, 0.5) is 0 Å². The summed E-state index contributed by atoms with van der Waals surface area (Å²) >= 11 is 5.94. The Morgan fingerprint density at radius 1 is 1.20 bits per heavy atom. The number of pyridine rings is 1. The van der Waals surface area contributed by atoms with Crippen molar-refractivity contribution in [2.45, 2.75) is 20.0 Å². The van der Waals surface area contributed by atoms with E-state index in [-0.39, 0.29) is 6.10 Å². The SMILES string of the molecule is CC(C)Oc1ccc2[nH]nc(-c3ccnc(Cl)c3)c2c1. The first kappa shape index (κ1) is 12.9. The van der Waals surface area contributed by atoms with Crippen molar-refractivity contribution < 1.29 is 4.74 Å². The average molecular weight is 288 g/mol. The lowest BCUT2D eigenvalue weighted by molar-refractivity contribution is 0.243. The molecule has 0 spiro atoms. The maximum absolute atomic E-state index is 5.94. The Bertz CT molecular complexity index is 752. The molecule has 5 heteroatoms. The number of H-pyrrole nitrogens is 1. The summed E-state index contributed by atoms with van der Waals surface area (Å²) in [5.41, 5.74) is 2.74. The largest absolute Gasteiger partial charge is 0.491 e. The second kappa shape index (κ2) is 5.13. The smallest absolute Gasteiger partial charge is 0.129 e. The van der Waals surface area contributed by atoms with Crippen LogP contribution in [0.25, 0.3) is 22.2 Å². The van der Waals surface area contributed by atoms with Gasteiger partial charge in [-0.05, 0) is 44.2 Å². The van der Waals surface area contributed by atoms with E-state index in [1.165, 1.54) is 0 Å². The first-order chi connectivity index (χ1) is 9.63. The van der Waals surface area contributed by atoms with Crippen molar-refractivity contribution in [2.75, 3.05) is 0 Å². The molecule has 0 atom stereocenters. The van der Waals surface area contributed by atoms with Crippen LogP contribution in [0.15, 0.2) is 36.5 Å². The highest BCUT2D eigenvalue weighted by Crippen LogP contribution is 2.30. The average Bonchev–Trinajstić information content (AvgIpc) is 2.81. The first-order valence-corrected chi connectivity index (χ1v) is 6.78. The van der Waals surface area contributed by atoms with Crippen molar-refractivity contribution in [2.24, 2.45) is 0 Å². The number of benzene rings is 1. The van der Waals surface area contributed by atoms with E-state index in [1.54, 1.807) is 12.3 Å². The highest BCUT2D eigenvalue weighted by Gasteiger charge is 2.10. The van der Waals surface area contributed by atoms with Gasteiger partial charge in [0.05, 0.1) is 11.6 Å². The molecule has 0 saturated carbocycles. The number of halogens is 1. The van der Waals surface area contributed by atoms with Crippen LogP contribution in [-0.4, -0.2) is 21.3 Å². The molecule has 0 unspecified atom stereocenters. The fraction of sp³-hybridized carbons (Fsp3) is 0.200. The number of hydrogen-bond donors (Lipinski definition) is 1. The minimum atomic E-state index is 0.137. The summed E-state index contributed by atoms with van der Waals surface area (Å²) in [6, 6.07) is 9.57. The molecule has 0 radical (unpaired) electrons. The lowest BCUT2D eigenvalue weighted by Gasteiger charge is -2.09. The molecule has 1 N–H and O–H groups in total. The summed E-state index contributed by atoms with van der Waals surface area (Å²) < 4.78 is 5.73. The number of rotatable bonds is 3. The zero-order chi connectivity index (χ0) is 14.1. The Hall–Kier alpha value is -2.07. The quantitative estimate of drug-likeness (QED) is 0.739. The van der Waals surface area contributed by atoms with E-state index in [0.29, 0.717) is 5.15 Å². The molecule has 0 aliphatic carbocycles. The molecular formula is C15H14ClN3O. The third-order valence-electron chi connectivity index (χ3n) is 2.91. The molecule has 0 fully saturated rings. The van der Waals surface area contributed by atoms with Gasteiger partial charge in [0.2, 0.25) is 0 Å². The lowest BCUT2D eigenvalue weighted by Crippen LogP contribution is -2.05. The summed E-state index contributed by atoms with van der Waals surface area (Å²) in [6.45, 7) is 4.01. The topological polar surface area (TPSA) is 50.8 Å². The number of nitrogens with one attached hydrogen (secondary N) is 1. The summed E-state index contributed by atoms with van der Waals surface area (Å²) in [6.07, 6.45) is 1.81. The lowest BCUT2D eigenvalue weighted by atomic mass is 10.1. The Labute approximate surface area is 121 Å². The van der Waals surface area contributed by atoms with Crippen LogP contribution in [0.3, 0.4) is 0 Å². The van der Waals surface area contributed by atoms with Gasteiger partial charge >= 0.3 is 0 Å².